The van der Waals surface area contributed by atoms with Crippen LogP contribution in [0, 0.1) is 37.2 Å². The van der Waals surface area contributed by atoms with E-state index in [4.69, 9.17) is 37.1 Å². The van der Waals surface area contributed by atoms with Crippen LogP contribution in [0.3, 0.4) is 0 Å². The molecule has 2 aliphatic heterocycles. The van der Waals surface area contributed by atoms with Crippen LogP contribution in [-0.2, 0) is 43.2 Å². The molecule has 22 heteroatoms. The molecule has 2 atom stereocenters. The fourth-order valence-corrected chi connectivity index (χ4v) is 12.8. The molecular formula is C58H60F2N10O8S2. The van der Waals surface area contributed by atoms with E-state index in [1.807, 2.05) is 9.13 Å². The van der Waals surface area contributed by atoms with Crippen LogP contribution >= 0.6 is 0 Å². The van der Waals surface area contributed by atoms with Gasteiger partial charge in [-0.1, -0.05) is 0 Å². The summed E-state index contributed by atoms with van der Waals surface area (Å²) < 4.78 is 160. The van der Waals surface area contributed by atoms with Crippen molar-refractivity contribution in [2.75, 3.05) is 53.2 Å². The number of aromatic nitrogens is 10. The molecule has 2 saturated heterocycles. The van der Waals surface area contributed by atoms with Crippen LogP contribution in [-0.4, -0.2) is 118 Å². The number of rotatable bonds is 12. The number of fused-ring (bicyclic) bond motifs is 6. The maximum absolute atomic E-state index is 15.6. The summed E-state index contributed by atoms with van der Waals surface area (Å²) in [4.78, 5) is 26.9. The van der Waals surface area contributed by atoms with Crippen LogP contribution in [0.25, 0.3) is 66.4 Å². The molecule has 0 saturated carbocycles. The van der Waals surface area contributed by atoms with Gasteiger partial charge in [-0.2, -0.15) is 0 Å². The minimum atomic E-state index is -3.67. The third-order valence-corrected chi connectivity index (χ3v) is 17.4. The number of methoxy groups -OCH3 is 2. The number of benzene rings is 2. The third kappa shape index (κ3) is 9.74. The molecular weight excluding hydrogens is 1070 g/mol. The van der Waals surface area contributed by atoms with Gasteiger partial charge in [0.1, 0.15) is 23.1 Å². The van der Waals surface area contributed by atoms with E-state index < -0.39 is 57.1 Å². The number of halogens is 2. The highest BCUT2D eigenvalue weighted by Gasteiger charge is 2.36. The lowest BCUT2D eigenvalue weighted by atomic mass is 9.88. The Bertz CT molecular complexity index is 4220. The van der Waals surface area contributed by atoms with Crippen molar-refractivity contribution in [1.82, 2.24) is 48.2 Å². The van der Waals surface area contributed by atoms with E-state index in [1.54, 1.807) is 59.9 Å². The Morgan fingerprint density at radius 2 is 0.988 bits per heavy atom. The number of nitrogens with zero attached hydrogens (tertiary/aromatic N) is 10. The van der Waals surface area contributed by atoms with Crippen LogP contribution in [0.15, 0.2) is 108 Å². The Morgan fingerprint density at radius 3 is 1.34 bits per heavy atom. The second-order valence-corrected chi connectivity index (χ2v) is 24.2. The molecule has 2 aromatic carbocycles. The van der Waals surface area contributed by atoms with Gasteiger partial charge >= 0.3 is 0 Å². The van der Waals surface area contributed by atoms with Gasteiger partial charge in [-0.05, 0) is 112 Å². The van der Waals surface area contributed by atoms with Gasteiger partial charge in [0.15, 0.2) is 19.7 Å². The first kappa shape index (κ1) is 47.2. The van der Waals surface area contributed by atoms with Crippen molar-refractivity contribution in [3.8, 4) is 34.0 Å². The Kier molecular flexibility index (Phi) is 12.6. The van der Waals surface area contributed by atoms with E-state index in [2.05, 4.69) is 19.9 Å². The molecule has 0 radical (unpaired) electrons. The van der Waals surface area contributed by atoms with Gasteiger partial charge in [-0.25, -0.2) is 35.6 Å². The number of pyridine rings is 4. The number of sulfone groups is 2. The Morgan fingerprint density at radius 1 is 0.588 bits per heavy atom. The summed E-state index contributed by atoms with van der Waals surface area (Å²) in [5, 5.41) is 1.09. The summed E-state index contributed by atoms with van der Waals surface area (Å²) in [6, 6.07) is 14.0. The van der Waals surface area contributed by atoms with Crippen LogP contribution < -0.4 is 9.47 Å². The number of aryl methyl sites for hydroxylation is 4. The van der Waals surface area contributed by atoms with Crippen LogP contribution in [0.1, 0.15) is 68.8 Å². The van der Waals surface area contributed by atoms with Crippen LogP contribution in [0.5, 0.6) is 11.5 Å². The Hall–Kier alpha value is -7.66. The van der Waals surface area contributed by atoms with Crippen molar-refractivity contribution in [3.05, 3.63) is 133 Å². The first-order valence-electron chi connectivity index (χ1n) is 28.6. The fraction of sp³-hybridized carbons (Fsp3) is 0.345. The highest BCUT2D eigenvalue weighted by atomic mass is 32.2. The number of hydrogen-bond donors (Lipinski definition) is 0. The summed E-state index contributed by atoms with van der Waals surface area (Å²) in [6.45, 7) is -3.05. The van der Waals surface area contributed by atoms with E-state index in [0.29, 0.717) is 118 Å². The van der Waals surface area contributed by atoms with E-state index in [9.17, 15) is 16.8 Å². The molecule has 80 heavy (non-hydrogen) atoms. The van der Waals surface area contributed by atoms with E-state index >= 15 is 8.78 Å². The molecule has 10 aromatic rings. The van der Waals surface area contributed by atoms with Gasteiger partial charge < -0.3 is 37.2 Å². The topological polar surface area (TPSA) is 202 Å². The zero-order valence-corrected chi connectivity index (χ0v) is 46.1. The molecule has 0 bridgehead atoms. The lowest BCUT2D eigenvalue weighted by Crippen LogP contribution is -2.28. The largest absolute Gasteiger partial charge is 0.496 e. The first-order valence-corrected chi connectivity index (χ1v) is 29.4. The van der Waals surface area contributed by atoms with Crippen molar-refractivity contribution in [2.45, 2.75) is 61.3 Å². The maximum Gasteiger partial charge on any atom is 0.175 e. The van der Waals surface area contributed by atoms with Gasteiger partial charge in [0.05, 0.1) is 127 Å². The molecule has 12 rings (SSSR count). The minimum absolute atomic E-state index is 0.0321. The second kappa shape index (κ2) is 21.4. The van der Waals surface area contributed by atoms with Crippen LogP contribution in [0.4, 0.5) is 8.78 Å². The quantitative estimate of drug-likeness (QED) is 0.112. The highest BCUT2D eigenvalue weighted by molar-refractivity contribution is 7.91. The first-order chi connectivity index (χ1) is 40.8. The summed E-state index contributed by atoms with van der Waals surface area (Å²) in [5.74, 6) is -0.664. The van der Waals surface area contributed by atoms with Crippen LogP contribution in [0.2, 0.25) is 0 Å². The van der Waals surface area contributed by atoms with E-state index in [1.165, 1.54) is 75.7 Å². The molecule has 0 amide bonds. The fourth-order valence-electron chi connectivity index (χ4n) is 11.5. The molecule has 2 unspecified atom stereocenters. The van der Waals surface area contributed by atoms with Crippen molar-refractivity contribution < 1.29 is 52.8 Å². The van der Waals surface area contributed by atoms with E-state index in [-0.39, 0.29) is 55.9 Å². The van der Waals surface area contributed by atoms with Crippen molar-refractivity contribution in [2.24, 2.45) is 25.9 Å². The van der Waals surface area contributed by atoms with Crippen molar-refractivity contribution in [1.29, 1.82) is 0 Å². The normalized spacial score (nSPS) is 17.1. The molecule has 416 valence electrons. The van der Waals surface area contributed by atoms with Crippen molar-refractivity contribution in [3.63, 3.8) is 0 Å². The molecule has 18 nitrogen and oxygen atoms in total. The monoisotopic (exact) mass is 1130 g/mol. The Balaban J connectivity index is 0.000000179. The smallest absolute Gasteiger partial charge is 0.175 e. The zero-order valence-electron chi connectivity index (χ0n) is 50.5. The molecule has 2 aliphatic rings. The van der Waals surface area contributed by atoms with Gasteiger partial charge in [0.25, 0.3) is 0 Å². The summed E-state index contributed by atoms with van der Waals surface area (Å²) >= 11 is 0. The lowest BCUT2D eigenvalue weighted by Gasteiger charge is -2.32. The number of hydrogen-bond acceptors (Lipinski definition) is 14. The molecule has 0 N–H and O–H groups in total. The molecule has 2 fully saturated rings. The van der Waals surface area contributed by atoms with Crippen molar-refractivity contribution >= 4 is 63.5 Å². The molecule has 10 heterocycles. The third-order valence-electron chi connectivity index (χ3n) is 15.2. The summed E-state index contributed by atoms with van der Waals surface area (Å²) in [6.07, 6.45) is 13.7. The van der Waals surface area contributed by atoms with Gasteiger partial charge in [-0.15, -0.1) is 0 Å². The average Bonchev–Trinajstić information content (AvgIpc) is 1.59. The number of imidazole rings is 2. The lowest BCUT2D eigenvalue weighted by molar-refractivity contribution is 0.0542. The molecule has 8 aromatic heterocycles. The SMILES string of the molecule is [2H]C([2H])([2H])c1ncn(C)c1-c1cnc2c3c(OC)cc(S(C)(=O)=O)cc3n(C(c3ncccc3F)C3CCOCC3)c2c1.[2H]C([2H])([2H])c1ncn(C)c1-c1cnc2c3c(OC)cc(S(C)(=O)=O)cc3n(C(c3ncccc3F)C3CCOCC3)c2c1. The number of ether oxygens (including phenoxy) is 4. The van der Waals surface area contributed by atoms with Gasteiger partial charge in [-0.3, -0.25) is 19.9 Å². The average molecular weight is 1130 g/mol. The maximum atomic E-state index is 15.6. The molecule has 0 spiro atoms. The predicted octanol–water partition coefficient (Wildman–Crippen LogP) is 9.72. The zero-order chi connectivity index (χ0) is 61.4. The van der Waals surface area contributed by atoms with E-state index in [0.717, 1.165) is 12.5 Å². The van der Waals surface area contributed by atoms with Gasteiger partial charge in [0.2, 0.25) is 0 Å². The highest BCUT2D eigenvalue weighted by Crippen LogP contribution is 2.47. The Labute approximate surface area is 469 Å². The second-order valence-electron chi connectivity index (χ2n) is 20.1. The summed E-state index contributed by atoms with van der Waals surface area (Å²) in [7, 11) is -1.05. The minimum Gasteiger partial charge on any atom is -0.496 e. The molecule has 0 aliphatic carbocycles. The standard InChI is InChI=1S/2C29H30FN5O4S/c2*1-17-28(34(2)16-33-17)19-12-23-27(32-15-19)25-22(13-20(40(4,36)37)14-24(25)38-3)35(23)29(18-7-10-39-11-8-18)26-21(30)6-5-9-31-26/h2*5-6,9,12-16,18,29H,7-8,10-11H2,1-4H3/i2*1D3. The van der Waals surface area contributed by atoms with Gasteiger partial charge in [0, 0.05) is 97.2 Å². The summed E-state index contributed by atoms with van der Waals surface area (Å²) in [5.41, 5.74) is 4.94. The predicted molar refractivity (Wildman–Crippen MR) is 299 cm³/mol.